The van der Waals surface area contributed by atoms with Gasteiger partial charge in [0, 0.05) is 17.6 Å². The van der Waals surface area contributed by atoms with E-state index in [4.69, 9.17) is 11.6 Å². The zero-order valence-corrected chi connectivity index (χ0v) is 7.86. The Morgan fingerprint density at radius 1 is 1.50 bits per heavy atom. The van der Waals surface area contributed by atoms with Crippen LogP contribution >= 0.6 is 11.6 Å². The number of hydrogen-bond donors (Lipinski definition) is 1. The van der Waals surface area contributed by atoms with E-state index >= 15 is 0 Å². The number of nitrogens with one attached hydrogen (secondary N) is 1. The van der Waals surface area contributed by atoms with E-state index in [-0.39, 0.29) is 0 Å². The molecule has 0 bridgehead atoms. The summed E-state index contributed by atoms with van der Waals surface area (Å²) in [6.45, 7) is 3.11. The zero-order chi connectivity index (χ0) is 8.55. The summed E-state index contributed by atoms with van der Waals surface area (Å²) >= 11 is 6.05. The molecule has 1 aromatic carbocycles. The SMILES string of the molecule is C[C@H]1Cc2cccc(Cl)c2CN1. The predicted octanol–water partition coefficient (Wildman–Crippen LogP) is 2.37. The fraction of sp³-hybridized carbons (Fsp3) is 0.400. The van der Waals surface area contributed by atoms with Gasteiger partial charge in [-0.25, -0.2) is 0 Å². The average Bonchev–Trinajstić information content (AvgIpc) is 2.04. The minimum absolute atomic E-state index is 0.580. The van der Waals surface area contributed by atoms with Crippen LogP contribution in [-0.4, -0.2) is 6.04 Å². The van der Waals surface area contributed by atoms with Gasteiger partial charge in [-0.15, -0.1) is 0 Å². The molecule has 1 aliphatic heterocycles. The van der Waals surface area contributed by atoms with Crippen molar-refractivity contribution in [2.24, 2.45) is 0 Å². The quantitative estimate of drug-likeness (QED) is 0.648. The minimum atomic E-state index is 0.580. The Bertz CT molecular complexity index is 296. The molecular formula is C10H12ClN. The first-order valence-electron chi connectivity index (χ1n) is 4.27. The minimum Gasteiger partial charge on any atom is -0.310 e. The lowest BCUT2D eigenvalue weighted by molar-refractivity contribution is 0.514. The summed E-state index contributed by atoms with van der Waals surface area (Å²) in [4.78, 5) is 0. The summed E-state index contributed by atoms with van der Waals surface area (Å²) in [6.07, 6.45) is 1.09. The van der Waals surface area contributed by atoms with E-state index in [1.54, 1.807) is 0 Å². The molecule has 0 aromatic heterocycles. The van der Waals surface area contributed by atoms with Gasteiger partial charge >= 0.3 is 0 Å². The lowest BCUT2D eigenvalue weighted by Gasteiger charge is -2.23. The molecule has 1 nitrogen and oxygen atoms in total. The summed E-state index contributed by atoms with van der Waals surface area (Å²) < 4.78 is 0. The van der Waals surface area contributed by atoms with Gasteiger partial charge in [0.2, 0.25) is 0 Å². The molecule has 0 unspecified atom stereocenters. The van der Waals surface area contributed by atoms with E-state index in [0.717, 1.165) is 18.0 Å². The van der Waals surface area contributed by atoms with Crippen molar-refractivity contribution in [3.63, 3.8) is 0 Å². The first kappa shape index (κ1) is 8.09. The predicted molar refractivity (Wildman–Crippen MR) is 51.5 cm³/mol. The van der Waals surface area contributed by atoms with E-state index in [2.05, 4.69) is 18.3 Å². The average molecular weight is 182 g/mol. The van der Waals surface area contributed by atoms with Crippen LogP contribution in [0.4, 0.5) is 0 Å². The number of fused-ring (bicyclic) bond motifs is 1. The van der Waals surface area contributed by atoms with E-state index in [1.165, 1.54) is 11.1 Å². The first-order chi connectivity index (χ1) is 5.77. The fourth-order valence-corrected chi connectivity index (χ4v) is 1.93. The van der Waals surface area contributed by atoms with Crippen LogP contribution in [0, 0.1) is 0 Å². The molecule has 0 radical (unpaired) electrons. The fourth-order valence-electron chi connectivity index (χ4n) is 1.67. The Morgan fingerprint density at radius 2 is 2.33 bits per heavy atom. The third-order valence-electron chi connectivity index (χ3n) is 2.37. The molecule has 1 atom stereocenters. The Kier molecular flexibility index (Phi) is 2.07. The number of hydrogen-bond acceptors (Lipinski definition) is 1. The van der Waals surface area contributed by atoms with Crippen molar-refractivity contribution in [3.05, 3.63) is 34.3 Å². The van der Waals surface area contributed by atoms with Gasteiger partial charge in [0.15, 0.2) is 0 Å². The van der Waals surface area contributed by atoms with Gasteiger partial charge in [-0.1, -0.05) is 23.7 Å². The number of rotatable bonds is 0. The third kappa shape index (κ3) is 1.35. The van der Waals surface area contributed by atoms with Crippen LogP contribution in [0.3, 0.4) is 0 Å². The van der Waals surface area contributed by atoms with Crippen LogP contribution in [0.5, 0.6) is 0 Å². The Balaban J connectivity index is 2.42. The molecule has 0 saturated carbocycles. The maximum Gasteiger partial charge on any atom is 0.0453 e. The van der Waals surface area contributed by atoms with Gasteiger partial charge in [-0.2, -0.15) is 0 Å². The highest BCUT2D eigenvalue weighted by atomic mass is 35.5. The second-order valence-corrected chi connectivity index (χ2v) is 3.77. The summed E-state index contributed by atoms with van der Waals surface area (Å²) in [5.74, 6) is 0. The lowest BCUT2D eigenvalue weighted by atomic mass is 9.97. The second-order valence-electron chi connectivity index (χ2n) is 3.36. The molecule has 1 N–H and O–H groups in total. The normalized spacial score (nSPS) is 22.0. The Hall–Kier alpha value is -0.530. The van der Waals surface area contributed by atoms with Crippen molar-refractivity contribution in [2.75, 3.05) is 0 Å². The molecule has 2 heteroatoms. The van der Waals surface area contributed by atoms with E-state index in [9.17, 15) is 0 Å². The van der Waals surface area contributed by atoms with Crippen molar-refractivity contribution in [1.82, 2.24) is 5.32 Å². The van der Waals surface area contributed by atoms with Crippen LogP contribution in [0.1, 0.15) is 18.1 Å². The van der Waals surface area contributed by atoms with Crippen molar-refractivity contribution in [1.29, 1.82) is 0 Å². The summed E-state index contributed by atoms with van der Waals surface area (Å²) in [7, 11) is 0. The molecule has 0 saturated heterocycles. The van der Waals surface area contributed by atoms with Crippen molar-refractivity contribution < 1.29 is 0 Å². The van der Waals surface area contributed by atoms with E-state index < -0.39 is 0 Å². The summed E-state index contributed by atoms with van der Waals surface area (Å²) in [6, 6.07) is 6.73. The Morgan fingerprint density at radius 3 is 3.17 bits per heavy atom. The molecular weight excluding hydrogens is 170 g/mol. The van der Waals surface area contributed by atoms with E-state index in [0.29, 0.717) is 6.04 Å². The Labute approximate surface area is 77.7 Å². The molecule has 2 rings (SSSR count). The molecule has 1 aromatic rings. The highest BCUT2D eigenvalue weighted by Crippen LogP contribution is 2.23. The van der Waals surface area contributed by atoms with Crippen LogP contribution < -0.4 is 5.32 Å². The molecule has 0 spiro atoms. The topological polar surface area (TPSA) is 12.0 Å². The molecule has 1 heterocycles. The maximum absolute atomic E-state index is 6.05. The van der Waals surface area contributed by atoms with Gasteiger partial charge in [0.1, 0.15) is 0 Å². The summed E-state index contributed by atoms with van der Waals surface area (Å²) in [5.41, 5.74) is 2.67. The van der Waals surface area contributed by atoms with Gasteiger partial charge in [0.05, 0.1) is 0 Å². The molecule has 64 valence electrons. The third-order valence-corrected chi connectivity index (χ3v) is 2.72. The number of halogens is 1. The molecule has 0 amide bonds. The molecule has 1 aliphatic rings. The van der Waals surface area contributed by atoms with Gasteiger partial charge in [-0.3, -0.25) is 0 Å². The van der Waals surface area contributed by atoms with Crippen molar-refractivity contribution in [3.8, 4) is 0 Å². The van der Waals surface area contributed by atoms with Crippen molar-refractivity contribution in [2.45, 2.75) is 25.9 Å². The smallest absolute Gasteiger partial charge is 0.0453 e. The molecule has 12 heavy (non-hydrogen) atoms. The zero-order valence-electron chi connectivity index (χ0n) is 7.10. The van der Waals surface area contributed by atoms with Crippen LogP contribution in [0.25, 0.3) is 0 Å². The lowest BCUT2D eigenvalue weighted by Crippen LogP contribution is -2.32. The monoisotopic (exact) mass is 181 g/mol. The van der Waals surface area contributed by atoms with Gasteiger partial charge in [0.25, 0.3) is 0 Å². The highest BCUT2D eigenvalue weighted by molar-refractivity contribution is 6.31. The summed E-state index contributed by atoms with van der Waals surface area (Å²) in [5, 5.41) is 4.29. The molecule has 0 fully saturated rings. The first-order valence-corrected chi connectivity index (χ1v) is 4.65. The van der Waals surface area contributed by atoms with Crippen LogP contribution in [0.2, 0.25) is 5.02 Å². The number of benzene rings is 1. The molecule has 0 aliphatic carbocycles. The van der Waals surface area contributed by atoms with Crippen LogP contribution in [-0.2, 0) is 13.0 Å². The van der Waals surface area contributed by atoms with Gasteiger partial charge in [-0.05, 0) is 30.5 Å². The second kappa shape index (κ2) is 3.08. The maximum atomic E-state index is 6.05. The standard InChI is InChI=1S/C10H12ClN/c1-7-5-8-3-2-4-10(11)9(8)6-12-7/h2-4,7,12H,5-6H2,1H3/t7-/m0/s1. The largest absolute Gasteiger partial charge is 0.310 e. The van der Waals surface area contributed by atoms with Gasteiger partial charge < -0.3 is 5.32 Å². The van der Waals surface area contributed by atoms with Crippen molar-refractivity contribution >= 4 is 11.6 Å². The van der Waals surface area contributed by atoms with E-state index in [1.807, 2.05) is 12.1 Å². The highest BCUT2D eigenvalue weighted by Gasteiger charge is 2.15. The van der Waals surface area contributed by atoms with Crippen LogP contribution in [0.15, 0.2) is 18.2 Å².